The van der Waals surface area contributed by atoms with Crippen LogP contribution in [0, 0.1) is 13.8 Å². The van der Waals surface area contributed by atoms with Gasteiger partial charge in [-0.05, 0) is 32.8 Å². The maximum Gasteiger partial charge on any atom is 0.253 e. The van der Waals surface area contributed by atoms with E-state index in [4.69, 9.17) is 4.74 Å². The molecule has 112 valence electrons. The number of pyridine rings is 1. The lowest BCUT2D eigenvalue weighted by Crippen LogP contribution is -2.32. The highest BCUT2D eigenvalue weighted by Gasteiger charge is 2.19. The first-order valence-corrected chi connectivity index (χ1v) is 7.27. The molecule has 21 heavy (non-hydrogen) atoms. The summed E-state index contributed by atoms with van der Waals surface area (Å²) in [4.78, 5) is 16.9. The molecular weight excluding hydrogens is 268 g/mol. The number of rotatable bonds is 3. The maximum absolute atomic E-state index is 12.4. The van der Waals surface area contributed by atoms with E-state index in [1.807, 2.05) is 27.0 Å². The molecule has 0 aliphatic carbocycles. The zero-order chi connectivity index (χ0) is 15.0. The van der Waals surface area contributed by atoms with E-state index in [2.05, 4.69) is 15.4 Å². The summed E-state index contributed by atoms with van der Waals surface area (Å²) in [7, 11) is 1.86. The van der Waals surface area contributed by atoms with Gasteiger partial charge >= 0.3 is 0 Å². The van der Waals surface area contributed by atoms with Crippen LogP contribution in [-0.4, -0.2) is 39.9 Å². The molecule has 6 heteroatoms. The second-order valence-corrected chi connectivity index (χ2v) is 5.55. The lowest BCUT2D eigenvalue weighted by atomic mass is 10.1. The van der Waals surface area contributed by atoms with E-state index >= 15 is 0 Å². The standard InChI is InChI=1S/C15H20N4O2/c1-9-13(15(20)16-8-11-5-4-6-21-11)7-12-10(2)18-19(3)14(12)17-9/h7,11H,4-6,8H2,1-3H3,(H,16,20). The topological polar surface area (TPSA) is 69.0 Å². The van der Waals surface area contributed by atoms with Crippen LogP contribution in [0.15, 0.2) is 6.07 Å². The number of amides is 1. The van der Waals surface area contributed by atoms with Crippen LogP contribution in [-0.2, 0) is 11.8 Å². The number of ether oxygens (including phenoxy) is 1. The van der Waals surface area contributed by atoms with E-state index in [0.29, 0.717) is 12.1 Å². The molecule has 3 heterocycles. The average molecular weight is 288 g/mol. The van der Waals surface area contributed by atoms with E-state index in [9.17, 15) is 4.79 Å². The van der Waals surface area contributed by atoms with Gasteiger partial charge in [0, 0.05) is 25.6 Å². The highest BCUT2D eigenvalue weighted by Crippen LogP contribution is 2.19. The van der Waals surface area contributed by atoms with E-state index < -0.39 is 0 Å². The number of carbonyl (C=O) groups is 1. The van der Waals surface area contributed by atoms with Gasteiger partial charge in [0.25, 0.3) is 5.91 Å². The fraction of sp³-hybridized carbons (Fsp3) is 0.533. The van der Waals surface area contributed by atoms with Crippen molar-refractivity contribution in [2.45, 2.75) is 32.8 Å². The Hall–Kier alpha value is -1.95. The second kappa shape index (κ2) is 5.44. The van der Waals surface area contributed by atoms with E-state index in [1.54, 1.807) is 4.68 Å². The third-order valence-electron chi connectivity index (χ3n) is 3.95. The largest absolute Gasteiger partial charge is 0.376 e. The molecule has 1 fully saturated rings. The van der Waals surface area contributed by atoms with Crippen molar-refractivity contribution in [2.24, 2.45) is 7.05 Å². The Balaban J connectivity index is 1.83. The SMILES string of the molecule is Cc1nc2c(cc1C(=O)NCC1CCCO1)c(C)nn2C. The summed E-state index contributed by atoms with van der Waals surface area (Å²) < 4.78 is 7.26. The zero-order valence-corrected chi connectivity index (χ0v) is 12.6. The summed E-state index contributed by atoms with van der Waals surface area (Å²) in [5.74, 6) is -0.0966. The average Bonchev–Trinajstić information content (AvgIpc) is 3.05. The minimum atomic E-state index is -0.0966. The Kier molecular flexibility index (Phi) is 3.63. The highest BCUT2D eigenvalue weighted by molar-refractivity contribution is 5.98. The molecule has 1 N–H and O–H groups in total. The molecule has 0 spiro atoms. The number of hydrogen-bond donors (Lipinski definition) is 1. The first-order chi connectivity index (χ1) is 10.1. The Morgan fingerprint density at radius 3 is 3.00 bits per heavy atom. The van der Waals surface area contributed by atoms with Gasteiger partial charge < -0.3 is 10.1 Å². The van der Waals surface area contributed by atoms with Gasteiger partial charge in [0.15, 0.2) is 5.65 Å². The van der Waals surface area contributed by atoms with Crippen molar-refractivity contribution < 1.29 is 9.53 Å². The molecule has 1 saturated heterocycles. The second-order valence-electron chi connectivity index (χ2n) is 5.55. The highest BCUT2D eigenvalue weighted by atomic mass is 16.5. The van der Waals surface area contributed by atoms with Crippen molar-refractivity contribution in [3.63, 3.8) is 0 Å². The van der Waals surface area contributed by atoms with Crippen LogP contribution in [0.3, 0.4) is 0 Å². The van der Waals surface area contributed by atoms with Gasteiger partial charge in [0.05, 0.1) is 23.1 Å². The Labute approximate surface area is 123 Å². The number of aryl methyl sites for hydroxylation is 3. The Bertz CT molecular complexity index is 687. The van der Waals surface area contributed by atoms with Gasteiger partial charge in [-0.1, -0.05) is 0 Å². The summed E-state index contributed by atoms with van der Waals surface area (Å²) in [6.07, 6.45) is 2.23. The number of aromatic nitrogens is 3. The molecule has 6 nitrogen and oxygen atoms in total. The summed E-state index contributed by atoms with van der Waals surface area (Å²) in [5.41, 5.74) is 3.01. The molecule has 1 unspecified atom stereocenters. The van der Waals surface area contributed by atoms with Crippen LogP contribution in [0.1, 0.15) is 34.6 Å². The van der Waals surface area contributed by atoms with Crippen LogP contribution in [0.2, 0.25) is 0 Å². The van der Waals surface area contributed by atoms with Gasteiger partial charge in [-0.15, -0.1) is 0 Å². The number of hydrogen-bond acceptors (Lipinski definition) is 4. The van der Waals surface area contributed by atoms with Crippen molar-refractivity contribution >= 4 is 16.9 Å². The predicted octanol–water partition coefficient (Wildman–Crippen LogP) is 1.49. The number of carbonyl (C=O) groups excluding carboxylic acids is 1. The van der Waals surface area contributed by atoms with Crippen molar-refractivity contribution in [3.05, 3.63) is 23.0 Å². The summed E-state index contributed by atoms with van der Waals surface area (Å²) >= 11 is 0. The monoisotopic (exact) mass is 288 g/mol. The number of fused-ring (bicyclic) bond motifs is 1. The van der Waals surface area contributed by atoms with Gasteiger partial charge in [0.1, 0.15) is 0 Å². The molecule has 2 aromatic heterocycles. The normalized spacial score (nSPS) is 18.3. The fourth-order valence-corrected chi connectivity index (χ4v) is 2.77. The van der Waals surface area contributed by atoms with Gasteiger partial charge in [0.2, 0.25) is 0 Å². The Morgan fingerprint density at radius 1 is 1.48 bits per heavy atom. The third kappa shape index (κ3) is 2.63. The molecule has 1 aliphatic rings. The molecular formula is C15H20N4O2. The minimum Gasteiger partial charge on any atom is -0.376 e. The number of nitrogens with one attached hydrogen (secondary N) is 1. The lowest BCUT2D eigenvalue weighted by molar-refractivity contribution is 0.0857. The molecule has 0 bridgehead atoms. The van der Waals surface area contributed by atoms with Crippen molar-refractivity contribution in [2.75, 3.05) is 13.2 Å². The minimum absolute atomic E-state index is 0.0966. The quantitative estimate of drug-likeness (QED) is 0.929. The lowest BCUT2D eigenvalue weighted by Gasteiger charge is -2.12. The Morgan fingerprint density at radius 2 is 2.29 bits per heavy atom. The molecule has 0 radical (unpaired) electrons. The van der Waals surface area contributed by atoms with Crippen LogP contribution >= 0.6 is 0 Å². The van der Waals surface area contributed by atoms with Crippen LogP contribution in [0.5, 0.6) is 0 Å². The molecule has 3 rings (SSSR count). The van der Waals surface area contributed by atoms with Crippen LogP contribution in [0.25, 0.3) is 11.0 Å². The fourth-order valence-electron chi connectivity index (χ4n) is 2.77. The summed E-state index contributed by atoms with van der Waals surface area (Å²) in [6, 6.07) is 1.88. The summed E-state index contributed by atoms with van der Waals surface area (Å²) in [5, 5.41) is 8.21. The molecule has 0 aromatic carbocycles. The van der Waals surface area contributed by atoms with Gasteiger partial charge in [-0.2, -0.15) is 5.10 Å². The van der Waals surface area contributed by atoms with E-state index in [-0.39, 0.29) is 12.0 Å². The molecule has 1 amide bonds. The summed E-state index contributed by atoms with van der Waals surface area (Å²) in [6.45, 7) is 5.13. The molecule has 2 aromatic rings. The van der Waals surface area contributed by atoms with E-state index in [0.717, 1.165) is 41.9 Å². The van der Waals surface area contributed by atoms with Gasteiger partial charge in [-0.3, -0.25) is 9.48 Å². The maximum atomic E-state index is 12.4. The molecule has 0 saturated carbocycles. The van der Waals surface area contributed by atoms with Crippen molar-refractivity contribution in [3.8, 4) is 0 Å². The first-order valence-electron chi connectivity index (χ1n) is 7.27. The van der Waals surface area contributed by atoms with E-state index in [1.165, 1.54) is 0 Å². The van der Waals surface area contributed by atoms with Crippen molar-refractivity contribution in [1.82, 2.24) is 20.1 Å². The molecule has 1 atom stereocenters. The number of nitrogens with zero attached hydrogens (tertiary/aromatic N) is 3. The van der Waals surface area contributed by atoms with Crippen LogP contribution < -0.4 is 5.32 Å². The predicted molar refractivity (Wildman–Crippen MR) is 79.3 cm³/mol. The zero-order valence-electron chi connectivity index (χ0n) is 12.6. The van der Waals surface area contributed by atoms with Crippen molar-refractivity contribution in [1.29, 1.82) is 0 Å². The van der Waals surface area contributed by atoms with Gasteiger partial charge in [-0.25, -0.2) is 4.98 Å². The smallest absolute Gasteiger partial charge is 0.253 e. The molecule has 1 aliphatic heterocycles. The third-order valence-corrected chi connectivity index (χ3v) is 3.95. The first kappa shape index (κ1) is 14.0. The van der Waals surface area contributed by atoms with Crippen LogP contribution in [0.4, 0.5) is 0 Å².